The number of rotatable bonds is 5. The number of likely N-dealkylation sites (N-methyl/N-ethyl adjacent to an activating group) is 1. The van der Waals surface area contributed by atoms with E-state index in [1.807, 2.05) is 12.3 Å². The van der Waals surface area contributed by atoms with E-state index in [-0.39, 0.29) is 11.9 Å². The zero-order chi connectivity index (χ0) is 11.3. The summed E-state index contributed by atoms with van der Waals surface area (Å²) in [5.74, 6) is -0.00366. The molecule has 0 aliphatic rings. The quantitative estimate of drug-likeness (QED) is 0.792. The second kappa shape index (κ2) is 5.82. The van der Waals surface area contributed by atoms with E-state index in [9.17, 15) is 4.79 Å². The van der Waals surface area contributed by atoms with Crippen molar-refractivity contribution < 1.29 is 4.79 Å². The van der Waals surface area contributed by atoms with Gasteiger partial charge in [-0.05, 0) is 20.4 Å². The van der Waals surface area contributed by atoms with Crippen molar-refractivity contribution in [1.82, 2.24) is 15.6 Å². The lowest BCUT2D eigenvalue weighted by Crippen LogP contribution is -2.34. The Labute approximate surface area is 94.1 Å². The highest BCUT2D eigenvalue weighted by Gasteiger charge is 2.11. The maximum atomic E-state index is 11.3. The number of aryl methyl sites for hydroxylation is 1. The summed E-state index contributed by atoms with van der Waals surface area (Å²) in [6.45, 7) is 4.37. The smallest absolute Gasteiger partial charge is 0.234 e. The van der Waals surface area contributed by atoms with Crippen molar-refractivity contribution in [3.05, 3.63) is 16.1 Å². The number of nitrogens with one attached hydrogen (secondary N) is 2. The Morgan fingerprint density at radius 2 is 2.40 bits per heavy atom. The summed E-state index contributed by atoms with van der Waals surface area (Å²) in [6.07, 6.45) is 0.946. The maximum Gasteiger partial charge on any atom is 0.234 e. The van der Waals surface area contributed by atoms with Crippen molar-refractivity contribution >= 4 is 17.2 Å². The van der Waals surface area contributed by atoms with Crippen LogP contribution in [0.2, 0.25) is 0 Å². The van der Waals surface area contributed by atoms with Crippen LogP contribution < -0.4 is 10.6 Å². The molecule has 15 heavy (non-hydrogen) atoms. The molecule has 0 aliphatic heterocycles. The van der Waals surface area contributed by atoms with Gasteiger partial charge in [-0.3, -0.25) is 4.79 Å². The second-order valence-corrected chi connectivity index (χ2v) is 4.28. The van der Waals surface area contributed by atoms with Crippen molar-refractivity contribution in [2.45, 2.75) is 26.3 Å². The summed E-state index contributed by atoms with van der Waals surface area (Å²) >= 11 is 1.64. The van der Waals surface area contributed by atoms with Crippen molar-refractivity contribution in [1.29, 1.82) is 0 Å². The largest absolute Gasteiger partial charge is 0.347 e. The second-order valence-electron chi connectivity index (χ2n) is 3.34. The zero-order valence-corrected chi connectivity index (χ0v) is 10.1. The van der Waals surface area contributed by atoms with Crippen LogP contribution in [0.4, 0.5) is 0 Å². The summed E-state index contributed by atoms with van der Waals surface area (Å²) in [7, 11) is 1.75. The molecule has 5 heteroatoms. The number of hydrogen-bond donors (Lipinski definition) is 2. The number of amides is 1. The Hall–Kier alpha value is -0.940. The molecule has 0 saturated carbocycles. The first kappa shape index (κ1) is 12.1. The van der Waals surface area contributed by atoms with Crippen molar-refractivity contribution in [3.8, 4) is 0 Å². The lowest BCUT2D eigenvalue weighted by molar-refractivity contribution is -0.120. The normalized spacial score (nSPS) is 12.5. The Morgan fingerprint density at radius 3 is 2.93 bits per heavy atom. The van der Waals surface area contributed by atoms with E-state index in [1.165, 1.54) is 0 Å². The first-order valence-electron chi connectivity index (χ1n) is 5.05. The predicted molar refractivity (Wildman–Crippen MR) is 62.0 cm³/mol. The van der Waals surface area contributed by atoms with Crippen LogP contribution in [0.15, 0.2) is 5.38 Å². The van der Waals surface area contributed by atoms with Gasteiger partial charge in [0.1, 0.15) is 0 Å². The molecule has 84 valence electrons. The number of nitrogens with zero attached hydrogens (tertiary/aromatic N) is 1. The zero-order valence-electron chi connectivity index (χ0n) is 9.33. The van der Waals surface area contributed by atoms with E-state index in [1.54, 1.807) is 18.4 Å². The Morgan fingerprint density at radius 1 is 1.67 bits per heavy atom. The molecule has 0 bridgehead atoms. The lowest BCUT2D eigenvalue weighted by atomic mass is 10.2. The van der Waals surface area contributed by atoms with E-state index in [0.29, 0.717) is 6.54 Å². The van der Waals surface area contributed by atoms with Gasteiger partial charge in [0.25, 0.3) is 0 Å². The fourth-order valence-electron chi connectivity index (χ4n) is 1.21. The summed E-state index contributed by atoms with van der Waals surface area (Å²) in [5.41, 5.74) is 0.946. The van der Waals surface area contributed by atoms with Gasteiger partial charge in [0.15, 0.2) is 0 Å². The van der Waals surface area contributed by atoms with Gasteiger partial charge in [-0.25, -0.2) is 4.98 Å². The monoisotopic (exact) mass is 227 g/mol. The molecule has 0 aromatic carbocycles. The van der Waals surface area contributed by atoms with Crippen LogP contribution in [0.3, 0.4) is 0 Å². The highest BCUT2D eigenvalue weighted by molar-refractivity contribution is 7.09. The number of carbonyl (C=O) groups excluding carboxylic acids is 1. The number of hydrogen-bond acceptors (Lipinski definition) is 4. The van der Waals surface area contributed by atoms with Gasteiger partial charge < -0.3 is 10.6 Å². The van der Waals surface area contributed by atoms with E-state index < -0.39 is 0 Å². The van der Waals surface area contributed by atoms with Crippen molar-refractivity contribution in [2.24, 2.45) is 0 Å². The van der Waals surface area contributed by atoms with Crippen LogP contribution in [0.25, 0.3) is 0 Å². The summed E-state index contributed by atoms with van der Waals surface area (Å²) in [5, 5.41) is 8.80. The van der Waals surface area contributed by atoms with Crippen molar-refractivity contribution in [3.63, 3.8) is 0 Å². The molecule has 1 rings (SSSR count). The summed E-state index contributed by atoms with van der Waals surface area (Å²) in [6, 6.07) is -0.0117. The molecule has 4 nitrogen and oxygen atoms in total. The van der Waals surface area contributed by atoms with Gasteiger partial charge in [0.2, 0.25) is 5.91 Å². The van der Waals surface area contributed by atoms with Gasteiger partial charge in [-0.2, -0.15) is 0 Å². The molecule has 1 atom stereocenters. The van der Waals surface area contributed by atoms with Crippen LogP contribution in [-0.4, -0.2) is 24.5 Å². The van der Waals surface area contributed by atoms with Crippen molar-refractivity contribution in [2.75, 3.05) is 13.6 Å². The summed E-state index contributed by atoms with van der Waals surface area (Å²) in [4.78, 5) is 15.7. The SMILES string of the molecule is CCc1nc(C(C)NC(=O)CNC)cs1. The highest BCUT2D eigenvalue weighted by Crippen LogP contribution is 2.16. The van der Waals surface area contributed by atoms with Crippen LogP contribution in [-0.2, 0) is 11.2 Å². The molecule has 0 radical (unpaired) electrons. The van der Waals surface area contributed by atoms with E-state index in [2.05, 4.69) is 22.5 Å². The minimum Gasteiger partial charge on any atom is -0.347 e. The molecule has 1 aromatic heterocycles. The molecule has 2 N–H and O–H groups in total. The minimum absolute atomic E-state index is 0.00366. The molecule has 1 heterocycles. The third-order valence-corrected chi connectivity index (χ3v) is 3.04. The number of carbonyl (C=O) groups is 1. The Balaban J connectivity index is 2.52. The van der Waals surface area contributed by atoms with E-state index >= 15 is 0 Å². The average molecular weight is 227 g/mol. The van der Waals surface area contributed by atoms with E-state index in [4.69, 9.17) is 0 Å². The van der Waals surface area contributed by atoms with Gasteiger partial charge in [0.05, 0.1) is 23.3 Å². The van der Waals surface area contributed by atoms with E-state index in [0.717, 1.165) is 17.1 Å². The summed E-state index contributed by atoms with van der Waals surface area (Å²) < 4.78 is 0. The lowest BCUT2D eigenvalue weighted by Gasteiger charge is -2.10. The molecule has 1 unspecified atom stereocenters. The maximum absolute atomic E-state index is 11.3. The molecule has 0 aliphatic carbocycles. The van der Waals surface area contributed by atoms with Crippen LogP contribution in [0, 0.1) is 0 Å². The first-order chi connectivity index (χ1) is 7.17. The molecule has 0 spiro atoms. The number of thiazole rings is 1. The molecule has 0 fully saturated rings. The standard InChI is InChI=1S/C10H17N3OS/c1-4-10-13-8(6-15-10)7(2)12-9(14)5-11-3/h6-7,11H,4-5H2,1-3H3,(H,12,14). The molecular formula is C10H17N3OS. The topological polar surface area (TPSA) is 54.0 Å². The third-order valence-electron chi connectivity index (χ3n) is 2.03. The fourth-order valence-corrected chi connectivity index (χ4v) is 2.05. The van der Waals surface area contributed by atoms with Crippen LogP contribution in [0.5, 0.6) is 0 Å². The van der Waals surface area contributed by atoms with Crippen LogP contribution in [0.1, 0.15) is 30.6 Å². The predicted octanol–water partition coefficient (Wildman–Crippen LogP) is 1.10. The Bertz CT molecular complexity index is 324. The van der Waals surface area contributed by atoms with Gasteiger partial charge >= 0.3 is 0 Å². The van der Waals surface area contributed by atoms with Crippen LogP contribution >= 0.6 is 11.3 Å². The third kappa shape index (κ3) is 3.60. The molecule has 1 aromatic rings. The Kier molecular flexibility index (Phi) is 4.71. The van der Waals surface area contributed by atoms with Gasteiger partial charge in [-0.15, -0.1) is 11.3 Å². The van der Waals surface area contributed by atoms with Gasteiger partial charge in [-0.1, -0.05) is 6.92 Å². The average Bonchev–Trinajstić information content (AvgIpc) is 2.66. The van der Waals surface area contributed by atoms with Gasteiger partial charge in [0, 0.05) is 5.38 Å². The first-order valence-corrected chi connectivity index (χ1v) is 5.93. The molecule has 0 saturated heterocycles. The number of aromatic nitrogens is 1. The fraction of sp³-hybridized carbons (Fsp3) is 0.600. The minimum atomic E-state index is -0.0117. The molecular weight excluding hydrogens is 210 g/mol. The highest BCUT2D eigenvalue weighted by atomic mass is 32.1. The molecule has 1 amide bonds.